The number of piperidine rings is 1. The molecule has 0 spiro atoms. The zero-order chi connectivity index (χ0) is 10.7. The monoisotopic (exact) mass is 204 g/mol. The van der Waals surface area contributed by atoms with Crippen molar-refractivity contribution in [2.24, 2.45) is 0 Å². The van der Waals surface area contributed by atoms with Gasteiger partial charge in [-0.05, 0) is 43.9 Å². The van der Waals surface area contributed by atoms with E-state index in [0.29, 0.717) is 6.04 Å². The van der Waals surface area contributed by atoms with Gasteiger partial charge in [0.25, 0.3) is 0 Å². The van der Waals surface area contributed by atoms with E-state index in [0.717, 1.165) is 5.69 Å². The Kier molecular flexibility index (Phi) is 3.14. The molecular weight excluding hydrogens is 184 g/mol. The van der Waals surface area contributed by atoms with E-state index in [1.807, 2.05) is 12.1 Å². The van der Waals surface area contributed by atoms with E-state index >= 15 is 0 Å². The fraction of sp³-hybridized carbons (Fsp3) is 0.538. The maximum absolute atomic E-state index is 5.83. The number of hydrogen-bond acceptors (Lipinski definition) is 2. The molecule has 1 aromatic rings. The topological polar surface area (TPSA) is 29.3 Å². The van der Waals surface area contributed by atoms with Gasteiger partial charge in [-0.1, -0.05) is 13.0 Å². The van der Waals surface area contributed by atoms with E-state index in [1.54, 1.807) is 0 Å². The largest absolute Gasteiger partial charge is 0.399 e. The summed E-state index contributed by atoms with van der Waals surface area (Å²) in [5, 5.41) is 0. The van der Waals surface area contributed by atoms with Crippen LogP contribution in [0.15, 0.2) is 24.3 Å². The average molecular weight is 204 g/mol. The lowest BCUT2D eigenvalue weighted by atomic mass is 9.99. The van der Waals surface area contributed by atoms with Crippen LogP contribution in [0.2, 0.25) is 0 Å². The second kappa shape index (κ2) is 4.56. The molecule has 0 amide bonds. The molecule has 2 heteroatoms. The van der Waals surface area contributed by atoms with Gasteiger partial charge in [0.05, 0.1) is 0 Å². The summed E-state index contributed by atoms with van der Waals surface area (Å²) in [4.78, 5) is 2.51. The van der Waals surface area contributed by atoms with Crippen molar-refractivity contribution in [2.75, 3.05) is 17.2 Å². The molecule has 1 aromatic carbocycles. The Hall–Kier alpha value is -1.18. The molecular formula is C13H20N2. The molecule has 2 nitrogen and oxygen atoms in total. The zero-order valence-corrected chi connectivity index (χ0v) is 9.45. The number of anilines is 2. The van der Waals surface area contributed by atoms with Gasteiger partial charge >= 0.3 is 0 Å². The molecule has 1 heterocycles. The number of nitrogens with two attached hydrogens (primary N) is 1. The standard InChI is InChI=1S/C13H20N2/c1-2-12-7-3-4-9-15(12)13-8-5-6-11(14)10-13/h5-6,8,10,12H,2-4,7,9,14H2,1H3. The number of rotatable bonds is 2. The Bertz CT molecular complexity index is 322. The van der Waals surface area contributed by atoms with Gasteiger partial charge < -0.3 is 10.6 Å². The van der Waals surface area contributed by atoms with E-state index in [1.165, 1.54) is 37.9 Å². The first-order valence-electron chi connectivity index (χ1n) is 5.93. The fourth-order valence-electron chi connectivity index (χ4n) is 2.47. The van der Waals surface area contributed by atoms with Crippen LogP contribution < -0.4 is 10.6 Å². The molecule has 1 fully saturated rings. The van der Waals surface area contributed by atoms with Gasteiger partial charge in [0.15, 0.2) is 0 Å². The van der Waals surface area contributed by atoms with E-state index in [2.05, 4.69) is 24.0 Å². The third-order valence-electron chi connectivity index (χ3n) is 3.30. The van der Waals surface area contributed by atoms with Crippen molar-refractivity contribution < 1.29 is 0 Å². The Morgan fingerprint density at radius 3 is 3.00 bits per heavy atom. The van der Waals surface area contributed by atoms with Gasteiger partial charge in [-0.3, -0.25) is 0 Å². The summed E-state index contributed by atoms with van der Waals surface area (Å²) >= 11 is 0. The van der Waals surface area contributed by atoms with Crippen molar-refractivity contribution in [1.82, 2.24) is 0 Å². The van der Waals surface area contributed by atoms with Gasteiger partial charge in [0.2, 0.25) is 0 Å². The molecule has 0 saturated carbocycles. The first kappa shape index (κ1) is 10.3. The van der Waals surface area contributed by atoms with E-state index in [4.69, 9.17) is 5.73 Å². The van der Waals surface area contributed by atoms with Crippen molar-refractivity contribution in [2.45, 2.75) is 38.6 Å². The highest BCUT2D eigenvalue weighted by molar-refractivity contribution is 5.56. The SMILES string of the molecule is CCC1CCCCN1c1cccc(N)c1. The summed E-state index contributed by atoms with van der Waals surface area (Å²) in [6, 6.07) is 8.97. The number of benzene rings is 1. The molecule has 82 valence electrons. The van der Waals surface area contributed by atoms with Crippen molar-refractivity contribution in [1.29, 1.82) is 0 Å². The van der Waals surface area contributed by atoms with Crippen molar-refractivity contribution in [3.8, 4) is 0 Å². The number of hydrogen-bond donors (Lipinski definition) is 1. The number of nitrogens with zero attached hydrogens (tertiary/aromatic N) is 1. The first-order valence-corrected chi connectivity index (χ1v) is 5.93. The van der Waals surface area contributed by atoms with Gasteiger partial charge in [-0.15, -0.1) is 0 Å². The number of nitrogen functional groups attached to an aromatic ring is 1. The minimum atomic E-state index is 0.709. The van der Waals surface area contributed by atoms with Crippen molar-refractivity contribution in [3.63, 3.8) is 0 Å². The average Bonchev–Trinajstić information content (AvgIpc) is 2.29. The summed E-state index contributed by atoms with van der Waals surface area (Å²) in [7, 11) is 0. The molecule has 0 aromatic heterocycles. The van der Waals surface area contributed by atoms with Crippen LogP contribution in [0.3, 0.4) is 0 Å². The quantitative estimate of drug-likeness (QED) is 0.750. The molecule has 2 N–H and O–H groups in total. The molecule has 2 rings (SSSR count). The predicted octanol–water partition coefficient (Wildman–Crippen LogP) is 3.04. The normalized spacial score (nSPS) is 21.7. The van der Waals surface area contributed by atoms with Crippen molar-refractivity contribution >= 4 is 11.4 Å². The van der Waals surface area contributed by atoms with E-state index in [-0.39, 0.29) is 0 Å². The molecule has 1 atom stereocenters. The molecule has 1 aliphatic rings. The van der Waals surface area contributed by atoms with Crippen LogP contribution in [0.1, 0.15) is 32.6 Å². The fourth-order valence-corrected chi connectivity index (χ4v) is 2.47. The minimum absolute atomic E-state index is 0.709. The molecule has 1 saturated heterocycles. The van der Waals surface area contributed by atoms with Crippen LogP contribution in [0.25, 0.3) is 0 Å². The van der Waals surface area contributed by atoms with Crippen LogP contribution in [0.5, 0.6) is 0 Å². The Labute approximate surface area is 92.1 Å². The zero-order valence-electron chi connectivity index (χ0n) is 9.45. The molecule has 1 aliphatic heterocycles. The molecule has 15 heavy (non-hydrogen) atoms. The molecule has 0 radical (unpaired) electrons. The maximum Gasteiger partial charge on any atom is 0.0389 e. The summed E-state index contributed by atoms with van der Waals surface area (Å²) in [6.07, 6.45) is 5.24. The Morgan fingerprint density at radius 1 is 1.40 bits per heavy atom. The maximum atomic E-state index is 5.83. The summed E-state index contributed by atoms with van der Waals surface area (Å²) in [6.45, 7) is 3.46. The summed E-state index contributed by atoms with van der Waals surface area (Å²) in [5.41, 5.74) is 7.99. The highest BCUT2D eigenvalue weighted by atomic mass is 15.2. The van der Waals surface area contributed by atoms with E-state index in [9.17, 15) is 0 Å². The predicted molar refractivity (Wildman–Crippen MR) is 66.1 cm³/mol. The highest BCUT2D eigenvalue weighted by Crippen LogP contribution is 2.27. The van der Waals surface area contributed by atoms with Crippen LogP contribution in [0.4, 0.5) is 11.4 Å². The third kappa shape index (κ3) is 2.25. The molecule has 1 unspecified atom stereocenters. The second-order valence-corrected chi connectivity index (χ2v) is 4.35. The van der Waals surface area contributed by atoms with Crippen molar-refractivity contribution in [3.05, 3.63) is 24.3 Å². The Morgan fingerprint density at radius 2 is 2.27 bits per heavy atom. The molecule has 0 bridgehead atoms. The van der Waals surface area contributed by atoms with Crippen LogP contribution >= 0.6 is 0 Å². The summed E-state index contributed by atoms with van der Waals surface area (Å²) in [5.74, 6) is 0. The third-order valence-corrected chi connectivity index (χ3v) is 3.30. The first-order chi connectivity index (χ1) is 7.31. The van der Waals surface area contributed by atoms with E-state index < -0.39 is 0 Å². The van der Waals surface area contributed by atoms with Crippen LogP contribution in [-0.4, -0.2) is 12.6 Å². The second-order valence-electron chi connectivity index (χ2n) is 4.35. The lowest BCUT2D eigenvalue weighted by Crippen LogP contribution is -2.39. The van der Waals surface area contributed by atoms with Gasteiger partial charge in [0.1, 0.15) is 0 Å². The van der Waals surface area contributed by atoms with Gasteiger partial charge in [-0.25, -0.2) is 0 Å². The van der Waals surface area contributed by atoms with Crippen LogP contribution in [-0.2, 0) is 0 Å². The lowest BCUT2D eigenvalue weighted by Gasteiger charge is -2.37. The van der Waals surface area contributed by atoms with Gasteiger partial charge in [-0.2, -0.15) is 0 Å². The Balaban J connectivity index is 2.20. The van der Waals surface area contributed by atoms with Gasteiger partial charge in [0, 0.05) is 24.0 Å². The minimum Gasteiger partial charge on any atom is -0.399 e. The smallest absolute Gasteiger partial charge is 0.0389 e. The lowest BCUT2D eigenvalue weighted by molar-refractivity contribution is 0.450. The highest BCUT2D eigenvalue weighted by Gasteiger charge is 2.20. The van der Waals surface area contributed by atoms with Crippen LogP contribution in [0, 0.1) is 0 Å². The summed E-state index contributed by atoms with van der Waals surface area (Å²) < 4.78 is 0. The molecule has 0 aliphatic carbocycles.